The molecule has 1 rings (SSSR count). The van der Waals surface area contributed by atoms with Gasteiger partial charge >= 0.3 is 18.2 Å². The van der Waals surface area contributed by atoms with Gasteiger partial charge < -0.3 is 25.2 Å². The fourth-order valence-corrected chi connectivity index (χ4v) is 2.82. The Morgan fingerprint density at radius 2 is 1.52 bits per heavy atom. The molecule has 1 aliphatic rings. The summed E-state index contributed by atoms with van der Waals surface area (Å²) in [6.45, 7) is 12.8. The lowest BCUT2D eigenvalue weighted by Gasteiger charge is -2.25. The molecule has 0 spiro atoms. The van der Waals surface area contributed by atoms with Crippen LogP contribution in [0.15, 0.2) is 0 Å². The molecule has 0 aromatic carbocycles. The summed E-state index contributed by atoms with van der Waals surface area (Å²) in [5, 5.41) is 14.8. The van der Waals surface area contributed by atoms with Gasteiger partial charge in [-0.15, -0.1) is 0 Å². The molecular formula is C19H34N2O6. The molecule has 0 aromatic heterocycles. The van der Waals surface area contributed by atoms with Crippen LogP contribution in [-0.2, 0) is 14.3 Å². The van der Waals surface area contributed by atoms with E-state index in [4.69, 9.17) is 9.47 Å². The van der Waals surface area contributed by atoms with Gasteiger partial charge in [0.15, 0.2) is 0 Å². The summed E-state index contributed by atoms with van der Waals surface area (Å²) in [6.07, 6.45) is 0.189. The van der Waals surface area contributed by atoms with Crippen molar-refractivity contribution in [2.45, 2.75) is 78.6 Å². The molecule has 2 amide bonds. The third-order valence-corrected chi connectivity index (χ3v) is 4.20. The Morgan fingerprint density at radius 1 is 1.00 bits per heavy atom. The van der Waals surface area contributed by atoms with E-state index in [-0.39, 0.29) is 11.8 Å². The molecule has 156 valence electrons. The number of amides is 2. The average molecular weight is 386 g/mol. The van der Waals surface area contributed by atoms with Gasteiger partial charge in [0.25, 0.3) is 0 Å². The SMILES string of the molecule is CC(NC(=O)OC(C)(C)C)C(CC1CC1CNC(=O)OC(C)(C)C)C(=O)O. The predicted octanol–water partition coefficient (Wildman–Crippen LogP) is 3.15. The van der Waals surface area contributed by atoms with Crippen LogP contribution in [0.25, 0.3) is 0 Å². The monoisotopic (exact) mass is 386 g/mol. The molecule has 0 bridgehead atoms. The summed E-state index contributed by atoms with van der Waals surface area (Å²) in [7, 11) is 0. The maximum absolute atomic E-state index is 11.9. The lowest BCUT2D eigenvalue weighted by Crippen LogP contribution is -2.44. The summed E-state index contributed by atoms with van der Waals surface area (Å²) in [4.78, 5) is 35.2. The first-order chi connectivity index (χ1) is 12.2. The Kier molecular flexibility index (Phi) is 7.51. The highest BCUT2D eigenvalue weighted by Crippen LogP contribution is 2.43. The molecule has 0 radical (unpaired) electrons. The van der Waals surface area contributed by atoms with Crippen molar-refractivity contribution in [2.24, 2.45) is 17.8 Å². The van der Waals surface area contributed by atoms with Gasteiger partial charge in [0.1, 0.15) is 11.2 Å². The minimum absolute atomic E-state index is 0.198. The predicted molar refractivity (Wildman–Crippen MR) is 100 cm³/mol. The maximum atomic E-state index is 11.9. The number of carboxylic acid groups (broad SMARTS) is 1. The third-order valence-electron chi connectivity index (χ3n) is 4.20. The number of nitrogens with one attached hydrogen (secondary N) is 2. The number of carbonyl (C=O) groups excluding carboxylic acids is 2. The van der Waals surface area contributed by atoms with Crippen LogP contribution in [0.3, 0.4) is 0 Å². The zero-order valence-electron chi connectivity index (χ0n) is 17.4. The van der Waals surface area contributed by atoms with Crippen molar-refractivity contribution >= 4 is 18.2 Å². The van der Waals surface area contributed by atoms with E-state index in [1.165, 1.54) is 0 Å². The van der Waals surface area contributed by atoms with Gasteiger partial charge in [-0.1, -0.05) is 0 Å². The number of hydrogen-bond acceptors (Lipinski definition) is 5. The summed E-state index contributed by atoms with van der Waals surface area (Å²) < 4.78 is 10.4. The molecule has 1 saturated carbocycles. The topological polar surface area (TPSA) is 114 Å². The number of rotatable bonds is 7. The van der Waals surface area contributed by atoms with Crippen LogP contribution < -0.4 is 10.6 Å². The second-order valence-corrected chi connectivity index (χ2v) is 9.25. The fraction of sp³-hybridized carbons (Fsp3) is 0.842. The molecule has 8 heteroatoms. The summed E-state index contributed by atoms with van der Waals surface area (Å²) >= 11 is 0. The first-order valence-corrected chi connectivity index (χ1v) is 9.37. The van der Waals surface area contributed by atoms with Crippen molar-refractivity contribution in [3.05, 3.63) is 0 Å². The van der Waals surface area contributed by atoms with E-state index >= 15 is 0 Å². The molecule has 8 nitrogen and oxygen atoms in total. The van der Waals surface area contributed by atoms with Crippen LogP contribution in [0.5, 0.6) is 0 Å². The summed E-state index contributed by atoms with van der Waals surface area (Å²) in [5.74, 6) is -1.24. The number of carbonyl (C=O) groups is 3. The largest absolute Gasteiger partial charge is 0.481 e. The van der Waals surface area contributed by atoms with Crippen LogP contribution >= 0.6 is 0 Å². The minimum Gasteiger partial charge on any atom is -0.481 e. The normalized spacial score (nSPS) is 21.6. The lowest BCUT2D eigenvalue weighted by atomic mass is 9.94. The highest BCUT2D eigenvalue weighted by atomic mass is 16.6. The zero-order chi connectivity index (χ0) is 21.0. The minimum atomic E-state index is -0.954. The Morgan fingerprint density at radius 3 is 2.00 bits per heavy atom. The zero-order valence-corrected chi connectivity index (χ0v) is 17.4. The Balaban J connectivity index is 2.44. The van der Waals surface area contributed by atoms with Gasteiger partial charge in [-0.3, -0.25) is 4.79 Å². The second kappa shape index (κ2) is 8.80. The number of carboxylic acids is 1. The first kappa shape index (κ1) is 23.0. The van der Waals surface area contributed by atoms with Gasteiger partial charge in [-0.25, -0.2) is 9.59 Å². The Labute approximate surface area is 161 Å². The second-order valence-electron chi connectivity index (χ2n) is 9.25. The van der Waals surface area contributed by atoms with E-state index in [2.05, 4.69) is 10.6 Å². The molecule has 4 atom stereocenters. The molecule has 1 aliphatic carbocycles. The van der Waals surface area contributed by atoms with Crippen LogP contribution in [0, 0.1) is 17.8 Å². The van der Waals surface area contributed by atoms with Crippen molar-refractivity contribution in [1.29, 1.82) is 0 Å². The highest BCUT2D eigenvalue weighted by molar-refractivity contribution is 5.73. The quantitative estimate of drug-likeness (QED) is 0.619. The van der Waals surface area contributed by atoms with Crippen molar-refractivity contribution in [1.82, 2.24) is 10.6 Å². The van der Waals surface area contributed by atoms with E-state index in [0.29, 0.717) is 13.0 Å². The van der Waals surface area contributed by atoms with E-state index in [0.717, 1.165) is 6.42 Å². The summed E-state index contributed by atoms with van der Waals surface area (Å²) in [5.41, 5.74) is -1.19. The number of alkyl carbamates (subject to hydrolysis) is 2. The number of aliphatic carboxylic acids is 1. The van der Waals surface area contributed by atoms with Gasteiger partial charge in [0.2, 0.25) is 0 Å². The molecule has 3 N–H and O–H groups in total. The number of ether oxygens (including phenoxy) is 2. The van der Waals surface area contributed by atoms with Crippen molar-refractivity contribution in [2.75, 3.05) is 6.54 Å². The molecule has 0 aliphatic heterocycles. The van der Waals surface area contributed by atoms with Crippen molar-refractivity contribution in [3.63, 3.8) is 0 Å². The third kappa shape index (κ3) is 9.49. The van der Waals surface area contributed by atoms with Gasteiger partial charge in [-0.05, 0) is 73.1 Å². The fourth-order valence-electron chi connectivity index (χ4n) is 2.82. The van der Waals surface area contributed by atoms with Crippen LogP contribution in [-0.4, -0.2) is 47.1 Å². The molecule has 4 unspecified atom stereocenters. The smallest absolute Gasteiger partial charge is 0.407 e. The van der Waals surface area contributed by atoms with Crippen LogP contribution in [0.2, 0.25) is 0 Å². The molecule has 0 heterocycles. The lowest BCUT2D eigenvalue weighted by molar-refractivity contribution is -0.143. The van der Waals surface area contributed by atoms with Crippen LogP contribution in [0.4, 0.5) is 9.59 Å². The van der Waals surface area contributed by atoms with Gasteiger partial charge in [-0.2, -0.15) is 0 Å². The average Bonchev–Trinajstić information content (AvgIpc) is 3.16. The van der Waals surface area contributed by atoms with E-state index in [9.17, 15) is 19.5 Å². The Hall–Kier alpha value is -1.99. The molecule has 0 saturated heterocycles. The Bertz CT molecular complexity index is 549. The molecule has 1 fully saturated rings. The van der Waals surface area contributed by atoms with Gasteiger partial charge in [0.05, 0.1) is 5.92 Å². The van der Waals surface area contributed by atoms with Gasteiger partial charge in [0, 0.05) is 12.6 Å². The maximum Gasteiger partial charge on any atom is 0.407 e. The van der Waals surface area contributed by atoms with Crippen molar-refractivity contribution < 1.29 is 29.0 Å². The molecule has 27 heavy (non-hydrogen) atoms. The molecule has 0 aromatic rings. The standard InChI is InChI=1S/C19H34N2O6/c1-11(21-17(25)27-19(5,6)7)14(15(22)23)9-12-8-13(12)10-20-16(24)26-18(2,3)4/h11-14H,8-10H2,1-7H3,(H,20,24)(H,21,25)(H,22,23). The van der Waals surface area contributed by atoms with E-state index in [1.54, 1.807) is 48.5 Å². The first-order valence-electron chi connectivity index (χ1n) is 9.37. The van der Waals surface area contributed by atoms with Crippen LogP contribution in [0.1, 0.15) is 61.3 Å². The van der Waals surface area contributed by atoms with E-state index < -0.39 is 41.3 Å². The number of hydrogen-bond donors (Lipinski definition) is 3. The molecular weight excluding hydrogens is 352 g/mol. The highest BCUT2D eigenvalue weighted by Gasteiger charge is 2.42. The van der Waals surface area contributed by atoms with E-state index in [1.807, 2.05) is 0 Å². The summed E-state index contributed by atoms with van der Waals surface area (Å²) in [6, 6.07) is -0.558. The van der Waals surface area contributed by atoms with Crippen molar-refractivity contribution in [3.8, 4) is 0 Å².